The molecule has 9 heteroatoms. The van der Waals surface area contributed by atoms with Gasteiger partial charge in [-0.25, -0.2) is 16.8 Å². The second kappa shape index (κ2) is 7.91. The Kier molecular flexibility index (Phi) is 6.12. The number of rotatable bonds is 3. The molecule has 0 radical (unpaired) electrons. The Hall–Kier alpha value is -1.45. The first-order valence-electron chi connectivity index (χ1n) is 10.3. The van der Waals surface area contributed by atoms with Crippen molar-refractivity contribution in [2.45, 2.75) is 51.3 Å². The summed E-state index contributed by atoms with van der Waals surface area (Å²) in [6.07, 6.45) is 0.359. The first-order valence-corrected chi connectivity index (χ1v) is 13.6. The Morgan fingerprint density at radius 1 is 1.03 bits per heavy atom. The number of nitrogens with zero attached hydrogens (tertiary/aromatic N) is 2. The second-order valence-corrected chi connectivity index (χ2v) is 13.6. The van der Waals surface area contributed by atoms with Gasteiger partial charge < -0.3 is 4.90 Å². The highest BCUT2D eigenvalue weighted by Gasteiger charge is 2.38. The molecule has 0 aromatic heterocycles. The second-order valence-electron chi connectivity index (χ2n) is 9.52. The zero-order valence-corrected chi connectivity index (χ0v) is 20.1. The molecule has 2 fully saturated rings. The van der Waals surface area contributed by atoms with Gasteiger partial charge in [-0.2, -0.15) is 4.31 Å². The smallest absolute Gasteiger partial charge is 0.243 e. The van der Waals surface area contributed by atoms with Crippen LogP contribution in [0.4, 0.5) is 0 Å². The van der Waals surface area contributed by atoms with E-state index in [0.29, 0.717) is 11.3 Å². The van der Waals surface area contributed by atoms with Gasteiger partial charge in [0.1, 0.15) is 0 Å². The van der Waals surface area contributed by atoms with Crippen LogP contribution in [0.15, 0.2) is 17.0 Å². The summed E-state index contributed by atoms with van der Waals surface area (Å²) in [5.74, 6) is -0.702. The number of aryl methyl sites for hydroxylation is 2. The number of hydrogen-bond donors (Lipinski definition) is 0. The lowest BCUT2D eigenvalue weighted by Gasteiger charge is -2.35. The van der Waals surface area contributed by atoms with E-state index >= 15 is 0 Å². The standard InChI is InChI=1S/C21H32N2O5S2/c1-15-12-18(21(3,4)5)13-16(2)19(15)30(27,28)23-9-7-22(8-10-23)20(24)17-6-11-29(25,26)14-17/h12-13,17H,6-11,14H2,1-5H3/t17-/m1/s1. The zero-order valence-electron chi connectivity index (χ0n) is 18.4. The van der Waals surface area contributed by atoms with E-state index in [2.05, 4.69) is 20.8 Å². The predicted molar refractivity (Wildman–Crippen MR) is 117 cm³/mol. The lowest BCUT2D eigenvalue weighted by Crippen LogP contribution is -2.52. The minimum atomic E-state index is -3.67. The molecule has 0 aliphatic carbocycles. The van der Waals surface area contributed by atoms with Crippen molar-refractivity contribution in [2.75, 3.05) is 37.7 Å². The van der Waals surface area contributed by atoms with Crippen molar-refractivity contribution >= 4 is 25.8 Å². The Morgan fingerprint density at radius 3 is 2.00 bits per heavy atom. The van der Waals surface area contributed by atoms with Gasteiger partial charge in [0.05, 0.1) is 22.3 Å². The quantitative estimate of drug-likeness (QED) is 0.692. The Morgan fingerprint density at radius 2 is 1.57 bits per heavy atom. The van der Waals surface area contributed by atoms with E-state index in [1.807, 2.05) is 26.0 Å². The summed E-state index contributed by atoms with van der Waals surface area (Å²) in [5, 5.41) is 0. The summed E-state index contributed by atoms with van der Waals surface area (Å²) in [5.41, 5.74) is 2.49. The number of hydrogen-bond acceptors (Lipinski definition) is 5. The highest BCUT2D eigenvalue weighted by Crippen LogP contribution is 2.31. The van der Waals surface area contributed by atoms with Crippen LogP contribution >= 0.6 is 0 Å². The van der Waals surface area contributed by atoms with Gasteiger partial charge in [0.25, 0.3) is 0 Å². The number of carbonyl (C=O) groups excluding carboxylic acids is 1. The van der Waals surface area contributed by atoms with Crippen molar-refractivity contribution in [3.05, 3.63) is 28.8 Å². The van der Waals surface area contributed by atoms with Crippen LogP contribution in [0.2, 0.25) is 0 Å². The molecule has 0 saturated carbocycles. The average molecular weight is 457 g/mol. The van der Waals surface area contributed by atoms with Crippen molar-refractivity contribution in [3.8, 4) is 0 Å². The van der Waals surface area contributed by atoms with Crippen molar-refractivity contribution in [3.63, 3.8) is 0 Å². The number of benzene rings is 1. The molecule has 168 valence electrons. The van der Waals surface area contributed by atoms with Gasteiger partial charge >= 0.3 is 0 Å². The zero-order chi connectivity index (χ0) is 22.5. The van der Waals surface area contributed by atoms with Gasteiger partial charge in [0.2, 0.25) is 15.9 Å². The third-order valence-electron chi connectivity index (χ3n) is 6.06. The maximum absolute atomic E-state index is 13.4. The largest absolute Gasteiger partial charge is 0.340 e. The Labute approximate surface area is 180 Å². The monoisotopic (exact) mass is 456 g/mol. The third kappa shape index (κ3) is 4.57. The van der Waals surface area contributed by atoms with Crippen LogP contribution in [-0.4, -0.2) is 69.6 Å². The highest BCUT2D eigenvalue weighted by molar-refractivity contribution is 7.91. The van der Waals surface area contributed by atoms with Gasteiger partial charge in [-0.15, -0.1) is 0 Å². The van der Waals surface area contributed by atoms with Gasteiger partial charge in [-0.1, -0.05) is 32.9 Å². The number of sulfone groups is 1. The normalized spacial score (nSPS) is 23.0. The van der Waals surface area contributed by atoms with Crippen LogP contribution in [-0.2, 0) is 30.1 Å². The van der Waals surface area contributed by atoms with Gasteiger partial charge in [0.15, 0.2) is 9.84 Å². The molecule has 2 aliphatic rings. The van der Waals surface area contributed by atoms with E-state index in [4.69, 9.17) is 0 Å². The van der Waals surface area contributed by atoms with Crippen LogP contribution in [0, 0.1) is 19.8 Å². The molecule has 2 aliphatic heterocycles. The molecule has 0 bridgehead atoms. The summed E-state index contributed by atoms with van der Waals surface area (Å²) >= 11 is 0. The molecule has 0 N–H and O–H groups in total. The van der Waals surface area contributed by atoms with Crippen LogP contribution in [0.5, 0.6) is 0 Å². The Balaban J connectivity index is 1.75. The molecule has 3 rings (SSSR count). The predicted octanol–water partition coefficient (Wildman–Crippen LogP) is 1.87. The van der Waals surface area contributed by atoms with Crippen LogP contribution in [0.25, 0.3) is 0 Å². The molecule has 1 aromatic rings. The number of piperazine rings is 1. The summed E-state index contributed by atoms with van der Waals surface area (Å²) in [6.45, 7) is 11.0. The minimum absolute atomic E-state index is 0.0564. The molecular formula is C21H32N2O5S2. The molecule has 30 heavy (non-hydrogen) atoms. The van der Waals surface area contributed by atoms with E-state index < -0.39 is 25.8 Å². The number of sulfonamides is 1. The molecule has 1 atom stereocenters. The first kappa shape index (κ1) is 23.2. The van der Waals surface area contributed by atoms with Crippen LogP contribution in [0.1, 0.15) is 43.9 Å². The average Bonchev–Trinajstić information content (AvgIpc) is 2.99. The maximum Gasteiger partial charge on any atom is 0.243 e. The topological polar surface area (TPSA) is 91.8 Å². The van der Waals surface area contributed by atoms with Gasteiger partial charge in [-0.05, 0) is 42.4 Å². The molecule has 0 spiro atoms. The van der Waals surface area contributed by atoms with Crippen molar-refractivity contribution in [1.82, 2.24) is 9.21 Å². The molecular weight excluding hydrogens is 424 g/mol. The minimum Gasteiger partial charge on any atom is -0.340 e. The van der Waals surface area contributed by atoms with E-state index in [9.17, 15) is 21.6 Å². The molecule has 1 aromatic carbocycles. The van der Waals surface area contributed by atoms with Crippen LogP contribution < -0.4 is 0 Å². The van der Waals surface area contributed by atoms with E-state index in [1.54, 1.807) is 4.90 Å². The maximum atomic E-state index is 13.4. The van der Waals surface area contributed by atoms with Gasteiger partial charge in [0, 0.05) is 26.2 Å². The molecule has 2 heterocycles. The fraction of sp³-hybridized carbons (Fsp3) is 0.667. The summed E-state index contributed by atoms with van der Waals surface area (Å²) in [4.78, 5) is 14.6. The van der Waals surface area contributed by atoms with Crippen molar-refractivity contribution in [2.24, 2.45) is 5.92 Å². The molecule has 0 unspecified atom stereocenters. The SMILES string of the molecule is Cc1cc(C(C)(C)C)cc(C)c1S(=O)(=O)N1CCN(C(=O)[C@@H]2CCS(=O)(=O)C2)CC1. The van der Waals surface area contributed by atoms with E-state index in [0.717, 1.165) is 16.7 Å². The first-order chi connectivity index (χ1) is 13.7. The highest BCUT2D eigenvalue weighted by atomic mass is 32.2. The lowest BCUT2D eigenvalue weighted by molar-refractivity contribution is -0.135. The fourth-order valence-electron chi connectivity index (χ4n) is 4.32. The molecule has 1 amide bonds. The lowest BCUT2D eigenvalue weighted by atomic mass is 9.85. The van der Waals surface area contributed by atoms with Gasteiger partial charge in [-0.3, -0.25) is 4.79 Å². The van der Waals surface area contributed by atoms with E-state index in [-0.39, 0.29) is 49.0 Å². The van der Waals surface area contributed by atoms with Crippen molar-refractivity contribution < 1.29 is 21.6 Å². The van der Waals surface area contributed by atoms with E-state index in [1.165, 1.54) is 4.31 Å². The summed E-state index contributed by atoms with van der Waals surface area (Å²) < 4.78 is 51.5. The summed E-state index contributed by atoms with van der Waals surface area (Å²) in [7, 11) is -6.80. The van der Waals surface area contributed by atoms with Crippen molar-refractivity contribution in [1.29, 1.82) is 0 Å². The third-order valence-corrected chi connectivity index (χ3v) is 10.0. The fourth-order valence-corrected chi connectivity index (χ4v) is 7.88. The van der Waals surface area contributed by atoms with Crippen LogP contribution in [0.3, 0.4) is 0 Å². The summed E-state index contributed by atoms with van der Waals surface area (Å²) in [6, 6.07) is 3.89. The molecule has 7 nitrogen and oxygen atoms in total. The number of amides is 1. The Bertz CT molecular complexity index is 1020. The number of carbonyl (C=O) groups is 1. The molecule has 2 saturated heterocycles.